The third kappa shape index (κ3) is 8.87. The smallest absolute Gasteiger partial charge is 2.00 e. The van der Waals surface area contributed by atoms with Gasteiger partial charge in [-0.2, -0.15) is 0 Å². The second-order valence-corrected chi connectivity index (χ2v) is 0. The Morgan fingerprint density at radius 3 is 1.00 bits per heavy atom. The maximum Gasteiger partial charge on any atom is 4.00 e. The average molecular weight is 275 g/mol. The average Bonchev–Trinajstić information content (AvgIpc) is 0. The molecule has 1 nitrogen and oxygen atoms in total. The zero-order valence-corrected chi connectivity index (χ0v) is 8.76. The molecule has 0 amide bonds. The van der Waals surface area contributed by atoms with Gasteiger partial charge in [0.1, 0.15) is 0 Å². The molecule has 0 aliphatic carbocycles. The summed E-state index contributed by atoms with van der Waals surface area (Å²) < 4.78 is 0. The number of hydrogen-bond donors (Lipinski definition) is 0. The van der Waals surface area contributed by atoms with E-state index in [1.165, 1.54) is 0 Å². The summed E-state index contributed by atoms with van der Waals surface area (Å²) in [5, 5.41) is 0. The van der Waals surface area contributed by atoms with E-state index in [1.807, 2.05) is 0 Å². The molecule has 0 spiro atoms. The van der Waals surface area contributed by atoms with Gasteiger partial charge in [-0.1, -0.05) is 0 Å². The fourth-order valence-electron chi connectivity index (χ4n) is 0. The van der Waals surface area contributed by atoms with Gasteiger partial charge in [-0.25, -0.2) is 0 Å². The van der Waals surface area contributed by atoms with Gasteiger partial charge in [0.15, 0.2) is 0 Å². The Labute approximate surface area is 73.2 Å². The van der Waals surface area contributed by atoms with E-state index in [4.69, 9.17) is 0 Å². The summed E-state index contributed by atoms with van der Waals surface area (Å²) in [5.74, 6) is 0. The van der Waals surface area contributed by atoms with Crippen molar-refractivity contribution in [2.45, 2.75) is 0 Å². The van der Waals surface area contributed by atoms with Gasteiger partial charge < -0.3 is 5.48 Å². The molecule has 0 aliphatic rings. The van der Waals surface area contributed by atoms with Crippen LogP contribution in [0.3, 0.4) is 0 Å². The molecule has 0 saturated heterocycles. The van der Waals surface area contributed by atoms with E-state index in [2.05, 4.69) is 0 Å². The Balaban J connectivity index is 0. The SMILES string of the molecule is [In+3].[Mo+4].[O-2].[Ti+4]. The van der Waals surface area contributed by atoms with Gasteiger partial charge >= 0.3 is 68.6 Å². The first-order valence-corrected chi connectivity index (χ1v) is 0. The summed E-state index contributed by atoms with van der Waals surface area (Å²) in [6.07, 6.45) is 0. The molecule has 0 heterocycles. The number of hydrogen-bond acceptors (Lipinski definition) is 0. The predicted molar refractivity (Wildman–Crippen MR) is 6.44 cm³/mol. The molecule has 0 atom stereocenters. The molecule has 0 aliphatic heterocycles. The van der Waals surface area contributed by atoms with Crippen molar-refractivity contribution in [3.05, 3.63) is 0 Å². The first kappa shape index (κ1) is 34.2. The number of rotatable bonds is 0. The molecule has 4 heteroatoms. The van der Waals surface area contributed by atoms with Gasteiger partial charge in [0.25, 0.3) is 0 Å². The minimum atomic E-state index is 0. The Morgan fingerprint density at radius 1 is 1.00 bits per heavy atom. The van der Waals surface area contributed by atoms with Crippen molar-refractivity contribution in [1.29, 1.82) is 0 Å². The summed E-state index contributed by atoms with van der Waals surface area (Å²) in [7, 11) is 0. The third-order valence-electron chi connectivity index (χ3n) is 0. The maximum absolute atomic E-state index is 0. The Hall–Kier alpha value is 2.23. The molecule has 0 aromatic heterocycles. The predicted octanol–water partition coefficient (Wildman–Crippen LogP) is -0.505. The van der Waals surface area contributed by atoms with Gasteiger partial charge in [0.2, 0.25) is 0 Å². The van der Waals surface area contributed by atoms with Crippen LogP contribution < -0.4 is 0 Å². The second kappa shape index (κ2) is 18.8. The topological polar surface area (TPSA) is 28.5 Å². The first-order valence-electron chi connectivity index (χ1n) is 0. The van der Waals surface area contributed by atoms with Crippen LogP contribution in [0, 0.1) is 0 Å². The van der Waals surface area contributed by atoms with Crippen LogP contribution in [0.2, 0.25) is 0 Å². The van der Waals surface area contributed by atoms with Crippen LogP contribution in [0.15, 0.2) is 0 Å². The van der Waals surface area contributed by atoms with Gasteiger partial charge in [0, 0.05) is 0 Å². The van der Waals surface area contributed by atoms with Crippen LogP contribution in [0.1, 0.15) is 0 Å². The van der Waals surface area contributed by atoms with Crippen LogP contribution in [-0.2, 0) is 48.3 Å². The van der Waals surface area contributed by atoms with Crippen molar-refractivity contribution >= 4 is 25.8 Å². The molecule has 0 N–H and O–H groups in total. The van der Waals surface area contributed by atoms with Gasteiger partial charge in [-0.05, 0) is 0 Å². The van der Waals surface area contributed by atoms with E-state index >= 15 is 0 Å². The summed E-state index contributed by atoms with van der Waals surface area (Å²) >= 11 is 0. The van der Waals surface area contributed by atoms with Crippen LogP contribution in [0.4, 0.5) is 0 Å². The van der Waals surface area contributed by atoms with Crippen molar-refractivity contribution in [3.63, 3.8) is 0 Å². The Bertz CT molecular complexity index is 8.00. The fraction of sp³-hybridized carbons (Fsp3) is 0. The molecule has 0 fully saturated rings. The van der Waals surface area contributed by atoms with E-state index < -0.39 is 0 Å². The fourth-order valence-corrected chi connectivity index (χ4v) is 0. The summed E-state index contributed by atoms with van der Waals surface area (Å²) in [5.41, 5.74) is 0. The quantitative estimate of drug-likeness (QED) is 0.533. The zero-order valence-electron chi connectivity index (χ0n) is 1.89. The van der Waals surface area contributed by atoms with Crippen molar-refractivity contribution in [1.82, 2.24) is 0 Å². The molecular weight excluding hydrogens is 275 g/mol. The standard InChI is InChI=1S/In.Mo.O.Ti/q+3;+4;-2;+4. The van der Waals surface area contributed by atoms with E-state index in [0.29, 0.717) is 0 Å². The normalized spacial score (nSPS) is 0. The molecular formula is InMoOTi+9. The van der Waals surface area contributed by atoms with Crippen molar-refractivity contribution < 1.29 is 48.3 Å². The van der Waals surface area contributed by atoms with Gasteiger partial charge in [-0.3, -0.25) is 0 Å². The van der Waals surface area contributed by atoms with Gasteiger partial charge in [-0.15, -0.1) is 0 Å². The van der Waals surface area contributed by atoms with Crippen molar-refractivity contribution in [3.8, 4) is 0 Å². The molecule has 0 bridgehead atoms. The summed E-state index contributed by atoms with van der Waals surface area (Å²) in [6, 6.07) is 0. The van der Waals surface area contributed by atoms with E-state index in [1.54, 1.807) is 0 Å². The van der Waals surface area contributed by atoms with Crippen LogP contribution in [0.25, 0.3) is 0 Å². The molecule has 0 aromatic rings. The van der Waals surface area contributed by atoms with Crippen molar-refractivity contribution in [2.75, 3.05) is 0 Å². The molecule has 10 valence electrons. The molecule has 0 aromatic carbocycles. The van der Waals surface area contributed by atoms with E-state index in [-0.39, 0.29) is 74.1 Å². The minimum Gasteiger partial charge on any atom is -2.00 e. The van der Waals surface area contributed by atoms with Crippen LogP contribution >= 0.6 is 0 Å². The molecule has 0 saturated carbocycles. The van der Waals surface area contributed by atoms with Crippen LogP contribution in [0.5, 0.6) is 0 Å². The minimum absolute atomic E-state index is 0. The van der Waals surface area contributed by atoms with Gasteiger partial charge in [0.05, 0.1) is 0 Å². The largest absolute Gasteiger partial charge is 4.00 e. The van der Waals surface area contributed by atoms with Crippen LogP contribution in [-0.4, -0.2) is 25.8 Å². The third-order valence-corrected chi connectivity index (χ3v) is 0. The molecule has 0 unspecified atom stereocenters. The second-order valence-electron chi connectivity index (χ2n) is 0. The molecule has 0 rings (SSSR count). The first-order chi connectivity index (χ1) is 0. The van der Waals surface area contributed by atoms with Crippen molar-refractivity contribution in [2.24, 2.45) is 0 Å². The van der Waals surface area contributed by atoms with E-state index in [9.17, 15) is 0 Å². The Kier molecular flexibility index (Phi) is 161. The monoisotopic (exact) mass is 277 g/mol. The van der Waals surface area contributed by atoms with E-state index in [0.717, 1.165) is 0 Å². The zero-order chi connectivity index (χ0) is 0. The summed E-state index contributed by atoms with van der Waals surface area (Å²) in [4.78, 5) is 0. The Morgan fingerprint density at radius 2 is 1.00 bits per heavy atom. The maximum atomic E-state index is 0. The molecule has 0 radical (unpaired) electrons. The summed E-state index contributed by atoms with van der Waals surface area (Å²) in [6.45, 7) is 0. The molecule has 4 heavy (non-hydrogen) atoms.